The van der Waals surface area contributed by atoms with Crippen molar-refractivity contribution < 1.29 is 14.3 Å². The van der Waals surface area contributed by atoms with E-state index in [4.69, 9.17) is 4.74 Å². The molecule has 3 rings (SSSR count). The highest BCUT2D eigenvalue weighted by atomic mass is 16.5. The van der Waals surface area contributed by atoms with Crippen LogP contribution in [0.15, 0.2) is 54.6 Å². The maximum absolute atomic E-state index is 12.6. The molecule has 24 heavy (non-hydrogen) atoms. The molecule has 124 valence electrons. The van der Waals surface area contributed by atoms with Crippen molar-refractivity contribution in [2.45, 2.75) is 13.0 Å². The van der Waals surface area contributed by atoms with Crippen molar-refractivity contribution in [3.8, 4) is 5.75 Å². The van der Waals surface area contributed by atoms with Crippen molar-refractivity contribution in [3.63, 3.8) is 0 Å². The van der Waals surface area contributed by atoms with Gasteiger partial charge in [0.2, 0.25) is 5.91 Å². The minimum atomic E-state index is -0.110. The number of ether oxygens (including phenoxy) is 1. The zero-order chi connectivity index (χ0) is 17.1. The number of nitrogens with zero attached hydrogens (tertiary/aromatic N) is 2. The summed E-state index contributed by atoms with van der Waals surface area (Å²) in [7, 11) is 1.60. The van der Waals surface area contributed by atoms with Gasteiger partial charge in [-0.2, -0.15) is 0 Å². The Kier molecular flexibility index (Phi) is 4.51. The molecule has 0 saturated carbocycles. The van der Waals surface area contributed by atoms with E-state index < -0.39 is 0 Å². The van der Waals surface area contributed by atoms with Crippen LogP contribution in [0.2, 0.25) is 0 Å². The lowest BCUT2D eigenvalue weighted by Crippen LogP contribution is -2.57. The summed E-state index contributed by atoms with van der Waals surface area (Å²) in [5.74, 6) is 0.502. The summed E-state index contributed by atoms with van der Waals surface area (Å²) in [5.41, 5.74) is 1.39. The molecule has 1 saturated heterocycles. The van der Waals surface area contributed by atoms with Crippen LogP contribution in [0.3, 0.4) is 0 Å². The Morgan fingerprint density at radius 2 is 1.88 bits per heavy atom. The van der Waals surface area contributed by atoms with Crippen molar-refractivity contribution in [1.82, 2.24) is 4.90 Å². The second-order valence-corrected chi connectivity index (χ2v) is 5.87. The van der Waals surface area contributed by atoms with Gasteiger partial charge in [0, 0.05) is 23.9 Å². The van der Waals surface area contributed by atoms with Crippen LogP contribution in [0.4, 0.5) is 5.69 Å². The Labute approximate surface area is 141 Å². The van der Waals surface area contributed by atoms with Crippen LogP contribution in [0.5, 0.6) is 5.75 Å². The van der Waals surface area contributed by atoms with Crippen LogP contribution in [0.25, 0.3) is 0 Å². The fraction of sp³-hybridized carbons (Fsp3) is 0.263. The molecule has 0 radical (unpaired) electrons. The highest BCUT2D eigenvalue weighted by Crippen LogP contribution is 2.26. The molecule has 2 aromatic carbocycles. The topological polar surface area (TPSA) is 49.9 Å². The van der Waals surface area contributed by atoms with Gasteiger partial charge in [-0.25, -0.2) is 0 Å². The Balaban J connectivity index is 1.79. The molecule has 2 aromatic rings. The van der Waals surface area contributed by atoms with Gasteiger partial charge in [0.25, 0.3) is 5.91 Å². The lowest BCUT2D eigenvalue weighted by molar-refractivity contribution is -0.121. The first kappa shape index (κ1) is 16.1. The van der Waals surface area contributed by atoms with Crippen LogP contribution in [-0.2, 0) is 4.79 Å². The Morgan fingerprint density at radius 3 is 2.54 bits per heavy atom. The summed E-state index contributed by atoms with van der Waals surface area (Å²) < 4.78 is 5.23. The van der Waals surface area contributed by atoms with E-state index in [0.717, 1.165) is 5.69 Å². The fourth-order valence-electron chi connectivity index (χ4n) is 3.03. The van der Waals surface area contributed by atoms with Gasteiger partial charge in [0.1, 0.15) is 12.3 Å². The van der Waals surface area contributed by atoms with E-state index in [1.54, 1.807) is 29.0 Å². The monoisotopic (exact) mass is 324 g/mol. The summed E-state index contributed by atoms with van der Waals surface area (Å²) >= 11 is 0. The highest BCUT2D eigenvalue weighted by Gasteiger charge is 2.33. The second-order valence-electron chi connectivity index (χ2n) is 5.87. The highest BCUT2D eigenvalue weighted by molar-refractivity contribution is 6.02. The van der Waals surface area contributed by atoms with E-state index in [2.05, 4.69) is 0 Å². The standard InChI is InChI=1S/C19H20N2O3/c1-14-12-20(19(23)15-7-4-3-5-8-15)13-18(22)21(14)16-9-6-10-17(11-16)24-2/h3-11,14H,12-13H2,1-2H3/t14-/m0/s1. The number of amides is 2. The number of benzene rings is 2. The number of rotatable bonds is 3. The third-order valence-corrected chi connectivity index (χ3v) is 4.16. The van der Waals surface area contributed by atoms with Gasteiger partial charge in [0.05, 0.1) is 13.2 Å². The first-order chi connectivity index (χ1) is 11.6. The lowest BCUT2D eigenvalue weighted by Gasteiger charge is -2.39. The largest absolute Gasteiger partial charge is 0.497 e. The van der Waals surface area contributed by atoms with E-state index >= 15 is 0 Å². The number of piperazine rings is 1. The second kappa shape index (κ2) is 6.74. The molecule has 1 atom stereocenters. The molecule has 0 aromatic heterocycles. The smallest absolute Gasteiger partial charge is 0.254 e. The van der Waals surface area contributed by atoms with Crippen LogP contribution >= 0.6 is 0 Å². The molecule has 2 amide bonds. The van der Waals surface area contributed by atoms with Gasteiger partial charge in [0.15, 0.2) is 0 Å². The van der Waals surface area contributed by atoms with Gasteiger partial charge < -0.3 is 14.5 Å². The SMILES string of the molecule is COc1cccc(N2C(=O)CN(C(=O)c3ccccc3)C[C@@H]2C)c1. The Bertz CT molecular complexity index is 745. The number of carbonyl (C=O) groups excluding carboxylic acids is 2. The lowest BCUT2D eigenvalue weighted by atomic mass is 10.1. The summed E-state index contributed by atoms with van der Waals surface area (Å²) in [5, 5.41) is 0. The van der Waals surface area contributed by atoms with Crippen LogP contribution < -0.4 is 9.64 Å². The van der Waals surface area contributed by atoms with Gasteiger partial charge in [-0.1, -0.05) is 24.3 Å². The van der Waals surface area contributed by atoms with E-state index in [0.29, 0.717) is 17.9 Å². The van der Waals surface area contributed by atoms with Gasteiger partial charge >= 0.3 is 0 Å². The normalized spacial score (nSPS) is 17.8. The van der Waals surface area contributed by atoms with Gasteiger partial charge in [-0.3, -0.25) is 9.59 Å². The van der Waals surface area contributed by atoms with Crippen LogP contribution in [-0.4, -0.2) is 43.0 Å². The molecule has 0 N–H and O–H groups in total. The van der Waals surface area contributed by atoms with Crippen LogP contribution in [0, 0.1) is 0 Å². The fourth-order valence-corrected chi connectivity index (χ4v) is 3.03. The minimum Gasteiger partial charge on any atom is -0.497 e. The van der Waals surface area contributed by atoms with Crippen molar-refractivity contribution in [2.75, 3.05) is 25.1 Å². The third-order valence-electron chi connectivity index (χ3n) is 4.16. The molecule has 1 heterocycles. The summed E-state index contributed by atoms with van der Waals surface area (Å²) in [6.45, 7) is 2.52. The molecule has 0 unspecified atom stereocenters. The van der Waals surface area contributed by atoms with E-state index in [9.17, 15) is 9.59 Å². The van der Waals surface area contributed by atoms with Crippen molar-refractivity contribution in [2.24, 2.45) is 0 Å². The molecule has 0 bridgehead atoms. The molecule has 5 nitrogen and oxygen atoms in total. The first-order valence-electron chi connectivity index (χ1n) is 7.90. The minimum absolute atomic E-state index is 0.0786. The van der Waals surface area contributed by atoms with E-state index in [1.807, 2.05) is 49.4 Å². The van der Waals surface area contributed by atoms with Crippen molar-refractivity contribution >= 4 is 17.5 Å². The molecular formula is C19H20N2O3. The molecule has 1 fully saturated rings. The van der Waals surface area contributed by atoms with Crippen LogP contribution in [0.1, 0.15) is 17.3 Å². The van der Waals surface area contributed by atoms with E-state index in [1.165, 1.54) is 0 Å². The average molecular weight is 324 g/mol. The Morgan fingerprint density at radius 1 is 1.12 bits per heavy atom. The number of anilines is 1. The predicted octanol–water partition coefficient (Wildman–Crippen LogP) is 2.57. The van der Waals surface area contributed by atoms with Gasteiger partial charge in [-0.05, 0) is 31.2 Å². The molecule has 1 aliphatic heterocycles. The number of hydrogen-bond donors (Lipinski definition) is 0. The molecular weight excluding hydrogens is 304 g/mol. The molecule has 1 aliphatic rings. The number of carbonyl (C=O) groups is 2. The summed E-state index contributed by atoms with van der Waals surface area (Å²) in [6.07, 6.45) is 0. The zero-order valence-electron chi connectivity index (χ0n) is 13.8. The molecule has 0 spiro atoms. The van der Waals surface area contributed by atoms with Crippen molar-refractivity contribution in [1.29, 1.82) is 0 Å². The number of methoxy groups -OCH3 is 1. The zero-order valence-corrected chi connectivity index (χ0v) is 13.8. The molecule has 0 aliphatic carbocycles. The summed E-state index contributed by atoms with van der Waals surface area (Å²) in [4.78, 5) is 28.6. The maximum atomic E-state index is 12.6. The maximum Gasteiger partial charge on any atom is 0.254 e. The van der Waals surface area contributed by atoms with E-state index in [-0.39, 0.29) is 24.4 Å². The quantitative estimate of drug-likeness (QED) is 0.872. The van der Waals surface area contributed by atoms with Gasteiger partial charge in [-0.15, -0.1) is 0 Å². The van der Waals surface area contributed by atoms with Crippen molar-refractivity contribution in [3.05, 3.63) is 60.2 Å². The third kappa shape index (κ3) is 3.11. The summed E-state index contributed by atoms with van der Waals surface area (Å²) in [6, 6.07) is 16.4. The Hall–Kier alpha value is -2.82. The predicted molar refractivity (Wildman–Crippen MR) is 92.3 cm³/mol. The first-order valence-corrected chi connectivity index (χ1v) is 7.90. The average Bonchev–Trinajstić information content (AvgIpc) is 2.61. The molecule has 5 heteroatoms. The number of hydrogen-bond acceptors (Lipinski definition) is 3.